The summed E-state index contributed by atoms with van der Waals surface area (Å²) >= 11 is 1.88. The molecule has 1 heterocycles. The first-order chi connectivity index (χ1) is 8.97. The van der Waals surface area contributed by atoms with Crippen LogP contribution < -0.4 is 5.32 Å². The van der Waals surface area contributed by atoms with Gasteiger partial charge in [0.25, 0.3) is 0 Å². The van der Waals surface area contributed by atoms with Gasteiger partial charge in [0.1, 0.15) is 5.82 Å². The number of hydrogen-bond acceptors (Lipinski definition) is 2. The van der Waals surface area contributed by atoms with Crippen LogP contribution in [0.4, 0.5) is 17.6 Å². The number of alkyl halides is 3. The van der Waals surface area contributed by atoms with Crippen LogP contribution in [0.2, 0.25) is 0 Å². The smallest absolute Gasteiger partial charge is 0.312 e. The lowest BCUT2D eigenvalue weighted by molar-refractivity contribution is -0.140. The Bertz CT molecular complexity index is 427. The summed E-state index contributed by atoms with van der Waals surface area (Å²) in [5.41, 5.74) is -0.737. The van der Waals surface area contributed by atoms with Gasteiger partial charge in [0.05, 0.1) is 5.56 Å². The van der Waals surface area contributed by atoms with Crippen LogP contribution >= 0.6 is 11.8 Å². The van der Waals surface area contributed by atoms with Crippen molar-refractivity contribution in [3.8, 4) is 0 Å². The Hall–Kier alpha value is -0.750. The summed E-state index contributed by atoms with van der Waals surface area (Å²) in [5.74, 6) is -0.0659. The lowest BCUT2D eigenvalue weighted by Gasteiger charge is -2.12. The van der Waals surface area contributed by atoms with Crippen molar-refractivity contribution in [3.05, 3.63) is 35.1 Å². The summed E-state index contributed by atoms with van der Waals surface area (Å²) in [6.07, 6.45) is -2.29. The van der Waals surface area contributed by atoms with Crippen LogP contribution in [0.5, 0.6) is 0 Å². The van der Waals surface area contributed by atoms with E-state index in [0.717, 1.165) is 30.9 Å². The van der Waals surface area contributed by atoms with E-state index < -0.39 is 17.6 Å². The highest BCUT2D eigenvalue weighted by molar-refractivity contribution is 8.00. The van der Waals surface area contributed by atoms with Crippen molar-refractivity contribution in [2.45, 2.75) is 30.8 Å². The van der Waals surface area contributed by atoms with Crippen molar-refractivity contribution in [3.63, 3.8) is 0 Å². The van der Waals surface area contributed by atoms with Crippen molar-refractivity contribution >= 4 is 11.8 Å². The average Bonchev–Trinajstić information content (AvgIpc) is 2.83. The van der Waals surface area contributed by atoms with Gasteiger partial charge in [-0.05, 0) is 36.3 Å². The molecule has 2 rings (SSSR count). The van der Waals surface area contributed by atoms with Gasteiger partial charge in [-0.1, -0.05) is 6.07 Å². The number of nitrogens with one attached hydrogen (secondary N) is 1. The molecule has 1 aromatic carbocycles. The molecule has 1 N–H and O–H groups in total. The third-order valence-corrected chi connectivity index (χ3v) is 4.46. The molecule has 0 radical (unpaired) electrons. The molecule has 6 heteroatoms. The first kappa shape index (κ1) is 14.7. The maximum absolute atomic E-state index is 13.1. The molecule has 1 atom stereocenters. The summed E-state index contributed by atoms with van der Waals surface area (Å²) in [4.78, 5) is 0. The van der Waals surface area contributed by atoms with Gasteiger partial charge < -0.3 is 5.32 Å². The zero-order valence-corrected chi connectivity index (χ0v) is 11.1. The first-order valence-corrected chi connectivity index (χ1v) is 7.19. The molecule has 1 aliphatic rings. The molecule has 1 saturated heterocycles. The van der Waals surface area contributed by atoms with Crippen molar-refractivity contribution in [2.75, 3.05) is 12.3 Å². The van der Waals surface area contributed by atoms with E-state index in [0.29, 0.717) is 17.4 Å². The quantitative estimate of drug-likeness (QED) is 0.847. The molecule has 0 aliphatic carbocycles. The Kier molecular flexibility index (Phi) is 4.73. The summed E-state index contributed by atoms with van der Waals surface area (Å²) in [6, 6.07) is 3.15. The van der Waals surface area contributed by atoms with Crippen molar-refractivity contribution in [1.29, 1.82) is 0 Å². The van der Waals surface area contributed by atoms with Crippen LogP contribution in [0, 0.1) is 5.82 Å². The van der Waals surface area contributed by atoms with Gasteiger partial charge in [0.2, 0.25) is 0 Å². The van der Waals surface area contributed by atoms with Crippen LogP contribution in [0.3, 0.4) is 0 Å². The highest BCUT2D eigenvalue weighted by Gasteiger charge is 2.34. The van der Waals surface area contributed by atoms with E-state index in [1.165, 1.54) is 12.5 Å². The van der Waals surface area contributed by atoms with Crippen LogP contribution in [-0.2, 0) is 12.7 Å². The Balaban J connectivity index is 1.93. The minimum Gasteiger partial charge on any atom is -0.312 e. The Labute approximate surface area is 113 Å². The molecular formula is C13H15F4NS. The summed E-state index contributed by atoms with van der Waals surface area (Å²) < 4.78 is 50.7. The molecule has 0 bridgehead atoms. The zero-order valence-electron chi connectivity index (χ0n) is 10.3. The minimum atomic E-state index is -4.64. The van der Waals surface area contributed by atoms with Gasteiger partial charge >= 0.3 is 6.18 Å². The van der Waals surface area contributed by atoms with Crippen molar-refractivity contribution in [2.24, 2.45) is 0 Å². The molecule has 0 aromatic heterocycles. The van der Waals surface area contributed by atoms with Crippen LogP contribution in [0.1, 0.15) is 24.0 Å². The second-order valence-corrected chi connectivity index (χ2v) is 5.99. The molecular weight excluding hydrogens is 278 g/mol. The SMILES string of the molecule is Fc1ccc(CNCC2CCCS2)cc1C(F)(F)F. The van der Waals surface area contributed by atoms with Gasteiger partial charge in [-0.3, -0.25) is 0 Å². The fraction of sp³-hybridized carbons (Fsp3) is 0.538. The Morgan fingerprint density at radius 2 is 2.11 bits per heavy atom. The van der Waals surface area contributed by atoms with E-state index in [4.69, 9.17) is 0 Å². The monoisotopic (exact) mass is 293 g/mol. The van der Waals surface area contributed by atoms with Gasteiger partial charge in [-0.25, -0.2) is 4.39 Å². The van der Waals surface area contributed by atoms with Crippen molar-refractivity contribution < 1.29 is 17.6 Å². The van der Waals surface area contributed by atoms with Gasteiger partial charge in [-0.15, -0.1) is 0 Å². The second kappa shape index (κ2) is 6.13. The van der Waals surface area contributed by atoms with Crippen molar-refractivity contribution in [1.82, 2.24) is 5.32 Å². The first-order valence-electron chi connectivity index (χ1n) is 6.15. The van der Waals surface area contributed by atoms with E-state index in [9.17, 15) is 17.6 Å². The Morgan fingerprint density at radius 1 is 1.32 bits per heavy atom. The molecule has 1 aromatic rings. The maximum atomic E-state index is 13.1. The second-order valence-electron chi connectivity index (χ2n) is 4.58. The molecule has 19 heavy (non-hydrogen) atoms. The number of thioether (sulfide) groups is 1. The lowest BCUT2D eigenvalue weighted by atomic mass is 10.1. The van der Waals surface area contributed by atoms with Crippen LogP contribution in [0.15, 0.2) is 18.2 Å². The van der Waals surface area contributed by atoms with E-state index in [1.807, 2.05) is 11.8 Å². The standard InChI is InChI=1S/C13H15F4NS/c14-12-4-3-9(6-11(12)13(15,16)17)7-18-8-10-2-1-5-19-10/h3-4,6,10,18H,1-2,5,7-8H2. The lowest BCUT2D eigenvalue weighted by Crippen LogP contribution is -2.23. The van der Waals surface area contributed by atoms with Gasteiger partial charge in [-0.2, -0.15) is 24.9 Å². The number of rotatable bonds is 4. The third-order valence-electron chi connectivity index (χ3n) is 3.06. The molecule has 0 amide bonds. The number of hydrogen-bond donors (Lipinski definition) is 1. The largest absolute Gasteiger partial charge is 0.419 e. The fourth-order valence-corrected chi connectivity index (χ4v) is 3.32. The molecule has 1 nitrogen and oxygen atoms in total. The normalized spacial score (nSPS) is 19.9. The maximum Gasteiger partial charge on any atom is 0.419 e. The van der Waals surface area contributed by atoms with E-state index in [2.05, 4.69) is 5.32 Å². The molecule has 1 fully saturated rings. The van der Waals surface area contributed by atoms with E-state index in [1.54, 1.807) is 0 Å². The predicted octanol–water partition coefficient (Wildman–Crippen LogP) is 3.83. The zero-order chi connectivity index (χ0) is 13.9. The highest BCUT2D eigenvalue weighted by atomic mass is 32.2. The average molecular weight is 293 g/mol. The molecule has 0 saturated carbocycles. The van der Waals surface area contributed by atoms with Gasteiger partial charge in [0.15, 0.2) is 0 Å². The van der Waals surface area contributed by atoms with Gasteiger partial charge in [0, 0.05) is 18.3 Å². The summed E-state index contributed by atoms with van der Waals surface area (Å²) in [6.45, 7) is 1.11. The fourth-order valence-electron chi connectivity index (χ4n) is 2.08. The van der Waals surface area contributed by atoms with E-state index >= 15 is 0 Å². The topological polar surface area (TPSA) is 12.0 Å². The molecule has 1 unspecified atom stereocenters. The number of benzene rings is 1. The van der Waals surface area contributed by atoms with E-state index in [-0.39, 0.29) is 0 Å². The summed E-state index contributed by atoms with van der Waals surface area (Å²) in [5, 5.41) is 3.68. The van der Waals surface area contributed by atoms with Crippen LogP contribution in [-0.4, -0.2) is 17.5 Å². The third kappa shape index (κ3) is 4.11. The minimum absolute atomic E-state index is 0.334. The summed E-state index contributed by atoms with van der Waals surface area (Å²) in [7, 11) is 0. The van der Waals surface area contributed by atoms with Crippen LogP contribution in [0.25, 0.3) is 0 Å². The molecule has 106 valence electrons. The Morgan fingerprint density at radius 3 is 2.74 bits per heavy atom. The molecule has 0 spiro atoms. The highest BCUT2D eigenvalue weighted by Crippen LogP contribution is 2.32. The molecule has 1 aliphatic heterocycles. The number of halogens is 4. The predicted molar refractivity (Wildman–Crippen MR) is 68.6 cm³/mol.